The largest absolute Gasteiger partial charge is 0.451 e. The van der Waals surface area contributed by atoms with Crippen molar-refractivity contribution in [1.82, 2.24) is 12.9 Å². The van der Waals surface area contributed by atoms with Crippen molar-refractivity contribution in [3.63, 3.8) is 0 Å². The van der Waals surface area contributed by atoms with E-state index in [2.05, 4.69) is 4.85 Å². The van der Waals surface area contributed by atoms with Crippen LogP contribution in [0.5, 0.6) is 0 Å². The van der Waals surface area contributed by atoms with E-state index in [0.717, 1.165) is 21.0 Å². The van der Waals surface area contributed by atoms with Crippen LogP contribution in [0.15, 0.2) is 118 Å². The summed E-state index contributed by atoms with van der Waals surface area (Å²) >= 11 is 5.11. The summed E-state index contributed by atoms with van der Waals surface area (Å²) in [6.07, 6.45) is 2.03. The predicted octanol–water partition coefficient (Wildman–Crippen LogP) is 7.05. The first-order chi connectivity index (χ1) is 47.3. The van der Waals surface area contributed by atoms with Crippen LogP contribution in [0.1, 0.15) is 84.9 Å². The molecule has 4 rings (SSSR count). The molecule has 4 aromatic rings. The fourth-order valence-electron chi connectivity index (χ4n) is 8.05. The Bertz CT molecular complexity index is 4020. The third kappa shape index (κ3) is 46.9. The summed E-state index contributed by atoms with van der Waals surface area (Å²) in [5.41, 5.74) is 2.05. The van der Waals surface area contributed by atoms with Gasteiger partial charge in [-0.25, -0.2) is 72.4 Å². The van der Waals surface area contributed by atoms with Gasteiger partial charge in [-0.3, -0.25) is 0 Å². The van der Waals surface area contributed by atoms with E-state index in [1.165, 1.54) is 39.9 Å². The highest BCUT2D eigenvalue weighted by Gasteiger charge is 2.36. The molecule has 26 nitrogen and oxygen atoms in total. The minimum atomic E-state index is -3.60. The number of halogens is 1. The number of sulfonamides is 3. The fraction of sp³-hybridized carbons (Fsp3) is 0.587. The molecule has 0 saturated carbocycles. The van der Waals surface area contributed by atoms with E-state index in [1.54, 1.807) is 122 Å². The average Bonchev–Trinajstić information content (AvgIpc) is 0.784. The molecule has 41 heteroatoms. The van der Waals surface area contributed by atoms with Gasteiger partial charge in [0.1, 0.15) is 15.0 Å². The van der Waals surface area contributed by atoms with Gasteiger partial charge in [0.05, 0.1) is 49.8 Å². The molecule has 0 unspecified atom stereocenters. The van der Waals surface area contributed by atoms with Gasteiger partial charge < -0.3 is 35.2 Å². The van der Waals surface area contributed by atoms with Crippen LogP contribution in [0.3, 0.4) is 0 Å². The molecule has 0 atom stereocenters. The van der Waals surface area contributed by atoms with Gasteiger partial charge in [0.2, 0.25) is 30.1 Å². The SMILES string of the molecule is CB(O)CCS(=O)(=O)C(C)C.CB(O)CCS(=O)(=O)CCCC#N.CB(O)CCS(=O)(=O)CCl.CB(O)CN(C(C)(C)C)S(=O)(=O)Cc1ccccc1.CB(O)CN(C(C)(C)C)S(=O)(=O)c1ccc(C)cc1.CB(O)CN(C)S(=O)(=O)c1ccc(C)cc1.[C-]#[N+]c1ccc(S(=O)(=O)CCB(C)O)cc1. The molecule has 584 valence electrons. The predicted molar refractivity (Wildman–Crippen MR) is 429 cm³/mol. The van der Waals surface area contributed by atoms with Gasteiger partial charge in [0.25, 0.3) is 27.7 Å². The third-order valence-corrected chi connectivity index (χ3v) is 28.0. The number of alkyl halides is 1. The molecule has 0 amide bonds. The Morgan fingerprint density at radius 1 is 0.490 bits per heavy atom. The molecule has 0 spiro atoms. The maximum absolute atomic E-state index is 12.6. The smallest absolute Gasteiger partial charge is 0.301 e. The zero-order chi connectivity index (χ0) is 81.6. The molecule has 0 fully saturated rings. The van der Waals surface area contributed by atoms with Crippen LogP contribution in [-0.4, -0.2) is 232 Å². The number of rotatable bonds is 31. The van der Waals surface area contributed by atoms with Crippen molar-refractivity contribution in [3.8, 4) is 6.07 Å². The average molecular weight is 1610 g/mol. The van der Waals surface area contributed by atoms with E-state index < -0.39 is 129 Å². The summed E-state index contributed by atoms with van der Waals surface area (Å²) in [6.45, 7) is 31.4. The lowest BCUT2D eigenvalue weighted by molar-refractivity contribution is 0.270. The number of hydrogen-bond donors (Lipinski definition) is 7. The van der Waals surface area contributed by atoms with Gasteiger partial charge in [-0.2, -0.15) is 9.57 Å². The minimum Gasteiger partial charge on any atom is -0.451 e. The molecule has 0 heterocycles. The van der Waals surface area contributed by atoms with Crippen molar-refractivity contribution in [2.24, 2.45) is 0 Å². The first kappa shape index (κ1) is 104. The Morgan fingerprint density at radius 2 is 0.856 bits per heavy atom. The van der Waals surface area contributed by atoms with E-state index in [1.807, 2.05) is 79.7 Å². The van der Waals surface area contributed by atoms with Crippen molar-refractivity contribution >= 4 is 135 Å². The molecule has 0 radical (unpaired) electrons. The van der Waals surface area contributed by atoms with Crippen LogP contribution in [0.4, 0.5) is 5.69 Å². The number of hydrogen-bond acceptors (Lipinski definition) is 22. The lowest BCUT2D eigenvalue weighted by Gasteiger charge is -2.35. The minimum absolute atomic E-state index is 0.0100. The van der Waals surface area contributed by atoms with Crippen LogP contribution in [0.2, 0.25) is 73.0 Å². The zero-order valence-electron chi connectivity index (χ0n) is 63.6. The van der Waals surface area contributed by atoms with Gasteiger partial charge >= 0.3 is 20.7 Å². The van der Waals surface area contributed by atoms with E-state index in [0.29, 0.717) is 18.4 Å². The second-order valence-electron chi connectivity index (χ2n) is 27.5. The van der Waals surface area contributed by atoms with Gasteiger partial charge in [-0.05, 0) is 131 Å². The molecular formula is C63H111B7ClN5O21S7. The standard InChI is InChI=1S/2C13H22BNO3S.C10H16BNO3S.C10H12BNO3S.C7H14BNO3S.C6H15BO3S.C4H10BClO3S/c1-11-6-8-12(9-7-11)19(17,18)15(10-14(5)16)13(2,3)4;1-13(2,3)15(11-14(4)16)19(17,18)10-12-8-6-5-7-9-12;1-9-4-6-10(7-5-9)16(14,15)12(3)8-11(2)13;1-11(13)7-8-16(14,15)10-5-3-9(12-2)4-6-10;1-8(10)4-7-13(11,12)6-3-2-5-9;1-6(2)11(9,10)5-4-7(3)8;1-5(7)2-3-10(8,9)4-6/h6-9,16H,10H2,1-5H3;5-9,16H,10-11H2,1-4H3;4-7,13H,8H2,1-3H3;3-6,13H,7-8H2,1H3;10H,2-4,6-7H2,1H3;6,8H,4-5H2,1-3H3;7H,2-4H2,1H3. The highest BCUT2D eigenvalue weighted by molar-refractivity contribution is 7.93. The highest BCUT2D eigenvalue weighted by Crippen LogP contribution is 2.26. The number of aryl methyl sites for hydroxylation is 2. The number of benzene rings is 4. The van der Waals surface area contributed by atoms with Gasteiger partial charge in [-0.1, -0.05) is 138 Å². The van der Waals surface area contributed by atoms with Gasteiger partial charge in [-0.15, -0.1) is 11.6 Å². The van der Waals surface area contributed by atoms with E-state index >= 15 is 0 Å². The van der Waals surface area contributed by atoms with Crippen LogP contribution in [-0.2, 0) is 75.2 Å². The van der Waals surface area contributed by atoms with Crippen LogP contribution < -0.4 is 0 Å². The Kier molecular flexibility index (Phi) is 49.1. The fourth-order valence-corrected chi connectivity index (χ4v) is 18.4. The Balaban J connectivity index is -0.00000116. The summed E-state index contributed by atoms with van der Waals surface area (Å²) in [5, 5.41) is 71.2. The number of sulfone groups is 4. The van der Waals surface area contributed by atoms with E-state index in [4.69, 9.17) is 43.5 Å². The van der Waals surface area contributed by atoms with Crippen molar-refractivity contribution < 1.29 is 94.1 Å². The molecule has 0 aliphatic heterocycles. The van der Waals surface area contributed by atoms with Crippen molar-refractivity contribution in [2.45, 2.75) is 192 Å². The maximum Gasteiger partial charge on any atom is 0.301 e. The van der Waals surface area contributed by atoms with Crippen LogP contribution in [0, 0.1) is 31.8 Å². The first-order valence-electron chi connectivity index (χ1n) is 33.5. The molecule has 0 bridgehead atoms. The zero-order valence-corrected chi connectivity index (χ0v) is 70.0. The topological polar surface area (TPSA) is 418 Å². The molecular weight excluding hydrogens is 1500 g/mol. The second kappa shape index (κ2) is 49.1. The molecule has 4 aromatic carbocycles. The number of unbranched alkanes of at least 4 members (excludes halogenated alkanes) is 1. The normalized spacial score (nSPS) is 11.9. The molecule has 0 aromatic heterocycles. The summed E-state index contributed by atoms with van der Waals surface area (Å²) < 4.78 is 168. The maximum atomic E-state index is 12.6. The monoisotopic (exact) mass is 1610 g/mol. The Labute approximate surface area is 632 Å². The second-order valence-corrected chi connectivity index (χ2v) is 43.1. The molecule has 0 saturated heterocycles. The Morgan fingerprint density at radius 3 is 1.21 bits per heavy atom. The number of nitrogens with zero attached hydrogens (tertiary/aromatic N) is 5. The first-order valence-corrected chi connectivity index (χ1v) is 45.5. The van der Waals surface area contributed by atoms with Gasteiger partial charge in [0.15, 0.2) is 35.2 Å². The molecule has 0 aliphatic rings. The molecule has 0 aliphatic carbocycles. The van der Waals surface area contributed by atoms with Gasteiger partial charge in [0, 0.05) is 61.1 Å². The highest BCUT2D eigenvalue weighted by atomic mass is 35.5. The Hall–Kier alpha value is -4.15. The lowest BCUT2D eigenvalue weighted by Crippen LogP contribution is -2.50. The quantitative estimate of drug-likeness (QED) is 0.0115. The van der Waals surface area contributed by atoms with Crippen molar-refractivity contribution in [1.29, 1.82) is 5.26 Å². The van der Waals surface area contributed by atoms with E-state index in [9.17, 15) is 74.0 Å². The number of nitriles is 1. The van der Waals surface area contributed by atoms with E-state index in [-0.39, 0.29) is 104 Å². The van der Waals surface area contributed by atoms with Crippen molar-refractivity contribution in [3.05, 3.63) is 131 Å². The van der Waals surface area contributed by atoms with Crippen LogP contribution >= 0.6 is 11.6 Å². The van der Waals surface area contributed by atoms with Crippen molar-refractivity contribution in [2.75, 3.05) is 60.4 Å². The third-order valence-electron chi connectivity index (χ3n) is 14.0. The summed E-state index contributed by atoms with van der Waals surface area (Å²) in [4.78, 5) is 3.89. The summed E-state index contributed by atoms with van der Waals surface area (Å²) in [6, 6.07) is 30.2. The molecule has 104 heavy (non-hydrogen) atoms. The lowest BCUT2D eigenvalue weighted by atomic mass is 9.69. The summed E-state index contributed by atoms with van der Waals surface area (Å²) in [5.74, 6) is -0.0142. The van der Waals surface area contributed by atoms with Crippen LogP contribution in [0.25, 0.3) is 4.85 Å². The molecule has 7 N–H and O–H groups in total. The summed E-state index contributed by atoms with van der Waals surface area (Å²) in [7, 11) is -21.5.